The number of aromatic nitrogens is 3. The fourth-order valence-corrected chi connectivity index (χ4v) is 1.87. The lowest BCUT2D eigenvalue weighted by molar-refractivity contribution is 0.632. The van der Waals surface area contributed by atoms with Gasteiger partial charge in [-0.25, -0.2) is 4.39 Å². The van der Waals surface area contributed by atoms with Gasteiger partial charge < -0.3 is 10.6 Å². The number of benzene rings is 2. The van der Waals surface area contributed by atoms with E-state index >= 15 is 0 Å². The highest BCUT2D eigenvalue weighted by molar-refractivity contribution is 5.59. The lowest BCUT2D eigenvalue weighted by atomic mass is 10.2. The second-order valence-electron chi connectivity index (χ2n) is 4.58. The topological polar surface area (TPSA) is 86.5 Å². The van der Waals surface area contributed by atoms with Gasteiger partial charge in [0.05, 0.1) is 23.5 Å². The van der Waals surface area contributed by atoms with Gasteiger partial charge >= 0.3 is 0 Å². The second kappa shape index (κ2) is 6.49. The standard InChI is InChI=1S/C16H11FN6/c17-13-3-1-2-4-14(13)21-15-10-19-23-16(22-15)20-12-7-5-11(9-18)6-8-12/h1-8,10H,(H2,20,21,22,23). The van der Waals surface area contributed by atoms with Crippen LogP contribution < -0.4 is 10.6 Å². The molecule has 0 amide bonds. The molecule has 1 aromatic heterocycles. The van der Waals surface area contributed by atoms with E-state index < -0.39 is 0 Å². The molecule has 0 saturated heterocycles. The Hall–Kier alpha value is -3.53. The van der Waals surface area contributed by atoms with E-state index in [0.717, 1.165) is 0 Å². The van der Waals surface area contributed by atoms with E-state index in [4.69, 9.17) is 5.26 Å². The normalized spacial score (nSPS) is 9.91. The quantitative estimate of drug-likeness (QED) is 0.768. The summed E-state index contributed by atoms with van der Waals surface area (Å²) in [5.41, 5.74) is 1.58. The first-order valence-corrected chi connectivity index (χ1v) is 6.73. The first kappa shape index (κ1) is 14.4. The zero-order chi connectivity index (χ0) is 16.1. The third kappa shape index (κ3) is 3.57. The van der Waals surface area contributed by atoms with Crippen LogP contribution in [-0.4, -0.2) is 15.2 Å². The van der Waals surface area contributed by atoms with Crippen LogP contribution >= 0.6 is 0 Å². The van der Waals surface area contributed by atoms with Crippen LogP contribution in [0.2, 0.25) is 0 Å². The minimum Gasteiger partial charge on any atom is -0.336 e. The van der Waals surface area contributed by atoms with Crippen molar-refractivity contribution in [2.75, 3.05) is 10.6 Å². The van der Waals surface area contributed by atoms with Crippen LogP contribution in [0.25, 0.3) is 0 Å². The highest BCUT2D eigenvalue weighted by atomic mass is 19.1. The number of hydrogen-bond donors (Lipinski definition) is 2. The van der Waals surface area contributed by atoms with Gasteiger partial charge in [0.15, 0.2) is 5.82 Å². The zero-order valence-corrected chi connectivity index (χ0v) is 11.9. The van der Waals surface area contributed by atoms with Gasteiger partial charge in [-0.15, -0.1) is 5.10 Å². The third-order valence-electron chi connectivity index (χ3n) is 2.97. The zero-order valence-electron chi connectivity index (χ0n) is 11.9. The van der Waals surface area contributed by atoms with Crippen LogP contribution in [0.15, 0.2) is 54.7 Å². The van der Waals surface area contributed by atoms with Crippen LogP contribution in [0.1, 0.15) is 5.56 Å². The number of nitrogens with one attached hydrogen (secondary N) is 2. The number of nitrogens with zero attached hydrogens (tertiary/aromatic N) is 4. The van der Waals surface area contributed by atoms with E-state index in [1.165, 1.54) is 12.3 Å². The molecular weight excluding hydrogens is 295 g/mol. The summed E-state index contributed by atoms with van der Waals surface area (Å²) >= 11 is 0. The number of rotatable bonds is 4. The van der Waals surface area contributed by atoms with E-state index in [0.29, 0.717) is 22.8 Å². The molecule has 3 aromatic rings. The van der Waals surface area contributed by atoms with Gasteiger partial charge in [0.25, 0.3) is 0 Å². The van der Waals surface area contributed by atoms with Crippen molar-refractivity contribution < 1.29 is 4.39 Å². The fourth-order valence-electron chi connectivity index (χ4n) is 1.87. The summed E-state index contributed by atoms with van der Waals surface area (Å²) in [5.74, 6) is 0.241. The molecule has 0 saturated carbocycles. The molecule has 0 aliphatic carbocycles. The average molecular weight is 306 g/mol. The van der Waals surface area contributed by atoms with Crippen molar-refractivity contribution in [3.63, 3.8) is 0 Å². The Kier molecular flexibility index (Phi) is 4.07. The van der Waals surface area contributed by atoms with Gasteiger partial charge in [-0.2, -0.15) is 15.3 Å². The van der Waals surface area contributed by atoms with Gasteiger partial charge in [0.2, 0.25) is 5.95 Å². The van der Waals surface area contributed by atoms with Gasteiger partial charge in [-0.3, -0.25) is 0 Å². The number of nitriles is 1. The molecule has 0 radical (unpaired) electrons. The van der Waals surface area contributed by atoms with Crippen molar-refractivity contribution in [3.8, 4) is 6.07 Å². The van der Waals surface area contributed by atoms with Crippen molar-refractivity contribution in [2.24, 2.45) is 0 Å². The van der Waals surface area contributed by atoms with E-state index in [2.05, 4.69) is 25.8 Å². The average Bonchev–Trinajstić information content (AvgIpc) is 2.58. The summed E-state index contributed by atoms with van der Waals surface area (Å²) in [6.07, 6.45) is 1.40. The number of para-hydroxylation sites is 1. The van der Waals surface area contributed by atoms with E-state index in [9.17, 15) is 4.39 Å². The van der Waals surface area contributed by atoms with Gasteiger partial charge in [0, 0.05) is 5.69 Å². The number of anilines is 4. The molecule has 1 heterocycles. The molecule has 0 aliphatic heterocycles. The second-order valence-corrected chi connectivity index (χ2v) is 4.58. The van der Waals surface area contributed by atoms with Crippen LogP contribution in [0.5, 0.6) is 0 Å². The summed E-state index contributed by atoms with van der Waals surface area (Å²) in [6.45, 7) is 0. The molecular formula is C16H11FN6. The third-order valence-corrected chi connectivity index (χ3v) is 2.97. The molecule has 0 atom stereocenters. The molecule has 3 rings (SSSR count). The molecule has 0 spiro atoms. The fraction of sp³-hybridized carbons (Fsp3) is 0. The van der Waals surface area contributed by atoms with Crippen LogP contribution in [0.4, 0.5) is 27.5 Å². The minimum absolute atomic E-state index is 0.260. The molecule has 0 aliphatic rings. The predicted molar refractivity (Wildman–Crippen MR) is 83.9 cm³/mol. The lowest BCUT2D eigenvalue weighted by Gasteiger charge is -2.08. The van der Waals surface area contributed by atoms with Gasteiger partial charge in [-0.1, -0.05) is 12.1 Å². The van der Waals surface area contributed by atoms with Crippen molar-refractivity contribution in [2.45, 2.75) is 0 Å². The molecule has 112 valence electrons. The summed E-state index contributed by atoms with van der Waals surface area (Å²) in [5, 5.41) is 22.3. The van der Waals surface area contributed by atoms with E-state index in [1.807, 2.05) is 6.07 Å². The largest absolute Gasteiger partial charge is 0.336 e. The van der Waals surface area contributed by atoms with Crippen LogP contribution in [-0.2, 0) is 0 Å². The Morgan fingerprint density at radius 1 is 1.00 bits per heavy atom. The molecule has 0 unspecified atom stereocenters. The smallest absolute Gasteiger partial charge is 0.249 e. The highest BCUT2D eigenvalue weighted by Crippen LogP contribution is 2.19. The number of hydrogen-bond acceptors (Lipinski definition) is 6. The maximum atomic E-state index is 13.6. The Morgan fingerprint density at radius 2 is 1.78 bits per heavy atom. The summed E-state index contributed by atoms with van der Waals surface area (Å²) in [4.78, 5) is 4.22. The molecule has 23 heavy (non-hydrogen) atoms. The Morgan fingerprint density at radius 3 is 2.52 bits per heavy atom. The van der Waals surface area contributed by atoms with Crippen molar-refractivity contribution >= 4 is 23.1 Å². The number of halogens is 1. The Balaban J connectivity index is 1.77. The van der Waals surface area contributed by atoms with Crippen LogP contribution in [0, 0.1) is 17.1 Å². The highest BCUT2D eigenvalue weighted by Gasteiger charge is 2.05. The van der Waals surface area contributed by atoms with Crippen molar-refractivity contribution in [1.29, 1.82) is 5.26 Å². The Bertz CT molecular complexity index is 857. The minimum atomic E-state index is -0.382. The van der Waals surface area contributed by atoms with Gasteiger partial charge in [0.1, 0.15) is 5.82 Å². The Labute approximate surface area is 131 Å². The monoisotopic (exact) mass is 306 g/mol. The van der Waals surface area contributed by atoms with Crippen molar-refractivity contribution in [3.05, 3.63) is 66.1 Å². The van der Waals surface area contributed by atoms with E-state index in [-0.39, 0.29) is 11.8 Å². The maximum Gasteiger partial charge on any atom is 0.249 e. The molecule has 6 nitrogen and oxygen atoms in total. The predicted octanol–water partition coefficient (Wildman–Crippen LogP) is 3.37. The molecule has 0 fully saturated rings. The SMILES string of the molecule is N#Cc1ccc(Nc2nncc(Nc3ccccc3F)n2)cc1. The van der Waals surface area contributed by atoms with E-state index in [1.54, 1.807) is 42.5 Å². The van der Waals surface area contributed by atoms with Crippen molar-refractivity contribution in [1.82, 2.24) is 15.2 Å². The first-order valence-electron chi connectivity index (χ1n) is 6.73. The van der Waals surface area contributed by atoms with Gasteiger partial charge in [-0.05, 0) is 36.4 Å². The summed E-state index contributed by atoms with van der Waals surface area (Å²) in [6, 6.07) is 15.2. The molecule has 0 bridgehead atoms. The summed E-state index contributed by atoms with van der Waals surface area (Å²) in [7, 11) is 0. The lowest BCUT2D eigenvalue weighted by Crippen LogP contribution is -2.03. The summed E-state index contributed by atoms with van der Waals surface area (Å²) < 4.78 is 13.6. The first-order chi connectivity index (χ1) is 11.2. The van der Waals surface area contributed by atoms with Crippen LogP contribution in [0.3, 0.4) is 0 Å². The maximum absolute atomic E-state index is 13.6. The molecule has 2 aromatic carbocycles. The molecule has 7 heteroatoms. The molecule has 2 N–H and O–H groups in total.